The molecule has 2 heterocycles. The number of rotatable bonds is 7. The number of nitrogens with one attached hydrogen (secondary N) is 1. The summed E-state index contributed by atoms with van der Waals surface area (Å²) in [5.41, 5.74) is 2.72. The summed E-state index contributed by atoms with van der Waals surface area (Å²) in [5, 5.41) is 11.8. The second-order valence-electron chi connectivity index (χ2n) is 6.80. The van der Waals surface area contributed by atoms with E-state index >= 15 is 0 Å². The van der Waals surface area contributed by atoms with E-state index in [-0.39, 0.29) is 5.90 Å². The Morgan fingerprint density at radius 2 is 1.90 bits per heavy atom. The van der Waals surface area contributed by atoms with Gasteiger partial charge in [-0.25, -0.2) is 9.78 Å². The molecule has 1 aliphatic heterocycles. The van der Waals surface area contributed by atoms with Crippen LogP contribution in [-0.2, 0) is 22.5 Å². The number of aliphatic hydroxyl groups excluding tert-OH is 1. The molecule has 0 spiro atoms. The number of aryl methyl sites for hydroxylation is 1. The van der Waals surface area contributed by atoms with Crippen LogP contribution in [0.2, 0.25) is 0 Å². The minimum atomic E-state index is -0.685. The third-order valence-electron chi connectivity index (χ3n) is 4.75. The lowest BCUT2D eigenvalue weighted by molar-refractivity contribution is -0.720. The van der Waals surface area contributed by atoms with E-state index in [0.717, 1.165) is 28.3 Å². The van der Waals surface area contributed by atoms with Crippen LogP contribution in [0.4, 0.5) is 0 Å². The highest BCUT2D eigenvalue weighted by molar-refractivity contribution is 5.95. The van der Waals surface area contributed by atoms with Gasteiger partial charge < -0.3 is 14.3 Å². The van der Waals surface area contributed by atoms with Crippen LogP contribution in [0, 0.1) is 12.8 Å². The second-order valence-corrected chi connectivity index (χ2v) is 6.80. The van der Waals surface area contributed by atoms with Gasteiger partial charge in [0.05, 0.1) is 12.3 Å². The van der Waals surface area contributed by atoms with Gasteiger partial charge in [-0.05, 0) is 43.2 Å². The molecule has 1 aliphatic rings. The standard InChI is InChI=1S/C22H20N2O5/c1-14-19(23-21(28-14)16-5-3-2-4-6-16)11-12-27-17-9-7-15(8-10-17)13-18-20(25)24-29-22(18)26/h2-10,18H,11-13H2,1H3,(H,24,25)/p+1. The molecule has 0 aliphatic carbocycles. The molecule has 3 aromatic rings. The molecular weight excluding hydrogens is 372 g/mol. The van der Waals surface area contributed by atoms with Crippen molar-refractivity contribution in [3.8, 4) is 17.2 Å². The zero-order valence-corrected chi connectivity index (χ0v) is 15.9. The maximum atomic E-state index is 11.5. The molecule has 7 heteroatoms. The van der Waals surface area contributed by atoms with E-state index in [4.69, 9.17) is 9.15 Å². The Balaban J connectivity index is 1.31. The van der Waals surface area contributed by atoms with Crippen molar-refractivity contribution in [3.63, 3.8) is 0 Å². The molecule has 4 rings (SSSR count). The van der Waals surface area contributed by atoms with E-state index in [1.807, 2.05) is 61.5 Å². The topological polar surface area (TPSA) is 95.8 Å². The number of aromatic nitrogens is 1. The Kier molecular flexibility index (Phi) is 5.29. The van der Waals surface area contributed by atoms with Crippen molar-refractivity contribution in [1.82, 2.24) is 4.98 Å². The Hall–Kier alpha value is -3.61. The highest BCUT2D eigenvalue weighted by Gasteiger charge is 2.39. The molecule has 0 saturated carbocycles. The minimum Gasteiger partial charge on any atom is -0.493 e. The normalized spacial score (nSPS) is 15.8. The van der Waals surface area contributed by atoms with E-state index in [1.54, 1.807) is 0 Å². The number of carbonyl (C=O) groups excluding carboxylic acids is 1. The largest absolute Gasteiger partial charge is 0.493 e. The Bertz CT molecular complexity index is 1030. The van der Waals surface area contributed by atoms with E-state index in [0.29, 0.717) is 25.3 Å². The number of nitrogens with zero attached hydrogens (tertiary/aromatic N) is 1. The predicted octanol–water partition coefficient (Wildman–Crippen LogP) is 1.94. The van der Waals surface area contributed by atoms with Crippen LogP contribution in [0.3, 0.4) is 0 Å². The Morgan fingerprint density at radius 3 is 2.59 bits per heavy atom. The van der Waals surface area contributed by atoms with Gasteiger partial charge in [0.15, 0.2) is 5.92 Å². The van der Waals surface area contributed by atoms with Gasteiger partial charge in [-0.1, -0.05) is 30.3 Å². The van der Waals surface area contributed by atoms with Crippen LogP contribution in [0.25, 0.3) is 11.5 Å². The molecule has 0 bridgehead atoms. The molecule has 148 valence electrons. The lowest BCUT2D eigenvalue weighted by Gasteiger charge is -2.07. The summed E-state index contributed by atoms with van der Waals surface area (Å²) < 4.78 is 11.6. The summed E-state index contributed by atoms with van der Waals surface area (Å²) in [6, 6.07) is 17.2. The minimum absolute atomic E-state index is 0.159. The van der Waals surface area contributed by atoms with Gasteiger partial charge in [-0.2, -0.15) is 4.84 Å². The monoisotopic (exact) mass is 393 g/mol. The van der Waals surface area contributed by atoms with Crippen LogP contribution in [0.1, 0.15) is 17.0 Å². The van der Waals surface area contributed by atoms with Crippen molar-refractivity contribution in [1.29, 1.82) is 0 Å². The number of hydrogen-bond donors (Lipinski definition) is 2. The van der Waals surface area contributed by atoms with Crippen molar-refractivity contribution < 1.29 is 29.0 Å². The van der Waals surface area contributed by atoms with Gasteiger partial charge in [0.2, 0.25) is 5.89 Å². The van der Waals surface area contributed by atoms with Crippen LogP contribution < -0.4 is 9.89 Å². The van der Waals surface area contributed by atoms with Crippen molar-refractivity contribution in [2.75, 3.05) is 6.61 Å². The number of oxazole rings is 1. The second kappa shape index (κ2) is 8.18. The van der Waals surface area contributed by atoms with E-state index in [1.165, 1.54) is 0 Å². The summed E-state index contributed by atoms with van der Waals surface area (Å²) >= 11 is 0. The molecule has 0 saturated heterocycles. The van der Waals surface area contributed by atoms with Crippen molar-refractivity contribution >= 4 is 11.9 Å². The van der Waals surface area contributed by atoms with E-state index in [9.17, 15) is 9.90 Å². The molecule has 0 fully saturated rings. The summed E-state index contributed by atoms with van der Waals surface area (Å²) in [5.74, 6) is 0.793. The van der Waals surface area contributed by atoms with Crippen molar-refractivity contribution in [3.05, 3.63) is 71.6 Å². The molecule has 7 nitrogen and oxygen atoms in total. The Morgan fingerprint density at radius 1 is 1.14 bits per heavy atom. The summed E-state index contributed by atoms with van der Waals surface area (Å²) in [6.07, 6.45) is 0.991. The van der Waals surface area contributed by atoms with E-state index < -0.39 is 11.9 Å². The smallest absolute Gasteiger partial charge is 0.397 e. The highest BCUT2D eigenvalue weighted by atomic mass is 16.7. The maximum Gasteiger partial charge on any atom is 0.397 e. The first-order chi connectivity index (χ1) is 14.1. The van der Waals surface area contributed by atoms with Crippen LogP contribution in [0.5, 0.6) is 5.75 Å². The van der Waals surface area contributed by atoms with Crippen molar-refractivity contribution in [2.45, 2.75) is 19.8 Å². The van der Waals surface area contributed by atoms with Crippen molar-refractivity contribution in [2.24, 2.45) is 5.92 Å². The first kappa shape index (κ1) is 18.7. The lowest BCUT2D eigenvalue weighted by atomic mass is 10.00. The number of carbonyl (C=O) groups is 1. The molecule has 0 radical (unpaired) electrons. The zero-order chi connectivity index (χ0) is 20.2. The third-order valence-corrected chi connectivity index (χ3v) is 4.75. The number of benzene rings is 2. The summed E-state index contributed by atoms with van der Waals surface area (Å²) in [6.45, 7) is 2.37. The fourth-order valence-corrected chi connectivity index (χ4v) is 3.12. The average Bonchev–Trinajstić information content (AvgIpc) is 3.27. The summed E-state index contributed by atoms with van der Waals surface area (Å²) in [4.78, 5) is 20.7. The average molecular weight is 393 g/mol. The molecule has 1 aromatic heterocycles. The fourth-order valence-electron chi connectivity index (χ4n) is 3.12. The summed E-state index contributed by atoms with van der Waals surface area (Å²) in [7, 11) is 0. The number of ether oxygens (including phenoxy) is 1. The first-order valence-corrected chi connectivity index (χ1v) is 9.36. The number of hydrogen-bond acceptors (Lipinski definition) is 5. The quantitative estimate of drug-likeness (QED) is 0.596. The Labute approximate surface area is 167 Å². The molecular formula is C22H21N2O5+. The van der Waals surface area contributed by atoms with Crippen LogP contribution in [0.15, 0.2) is 59.0 Å². The SMILES string of the molecule is Cc1oc(-c2ccccc2)nc1CCOc1ccc(CC2C(=O)O[NH+]=C2O)cc1. The van der Waals surface area contributed by atoms with Gasteiger partial charge in [0.1, 0.15) is 11.5 Å². The van der Waals surface area contributed by atoms with E-state index in [2.05, 4.69) is 15.0 Å². The van der Waals surface area contributed by atoms with Crippen LogP contribution in [-0.4, -0.2) is 28.6 Å². The lowest BCUT2D eigenvalue weighted by Crippen LogP contribution is -2.68. The number of aliphatic hydroxyl groups is 1. The molecule has 1 unspecified atom stereocenters. The molecule has 0 amide bonds. The van der Waals surface area contributed by atoms with Gasteiger partial charge in [0, 0.05) is 17.1 Å². The highest BCUT2D eigenvalue weighted by Crippen LogP contribution is 2.22. The third kappa shape index (κ3) is 4.29. The molecule has 2 N–H and O–H groups in total. The van der Waals surface area contributed by atoms with Gasteiger partial charge in [0.25, 0.3) is 0 Å². The van der Waals surface area contributed by atoms with Crippen LogP contribution >= 0.6 is 0 Å². The van der Waals surface area contributed by atoms with Gasteiger partial charge in [-0.3, -0.25) is 0 Å². The zero-order valence-electron chi connectivity index (χ0n) is 15.9. The molecule has 2 aromatic carbocycles. The molecule has 29 heavy (non-hydrogen) atoms. The van der Waals surface area contributed by atoms with Gasteiger partial charge >= 0.3 is 11.9 Å². The molecule has 1 atom stereocenters. The van der Waals surface area contributed by atoms with Gasteiger partial charge in [-0.15, -0.1) is 0 Å². The fraction of sp³-hybridized carbons (Fsp3) is 0.227. The predicted molar refractivity (Wildman–Crippen MR) is 104 cm³/mol. The maximum absolute atomic E-state index is 11.5. The first-order valence-electron chi connectivity index (χ1n) is 9.36.